The van der Waals surface area contributed by atoms with Gasteiger partial charge >= 0.3 is 6.03 Å². The highest BCUT2D eigenvalue weighted by atomic mass is 16.5. The Bertz CT molecular complexity index is 231. The number of ether oxygens (including phenoxy) is 1. The first kappa shape index (κ1) is 12.0. The van der Waals surface area contributed by atoms with E-state index in [1.807, 2.05) is 6.92 Å². The molecule has 86 valence electrons. The molecular weight excluding hydrogens is 192 g/mol. The summed E-state index contributed by atoms with van der Waals surface area (Å²) in [6.45, 7) is 6.06. The molecule has 0 radical (unpaired) electrons. The quantitative estimate of drug-likeness (QED) is 0.677. The maximum Gasteiger partial charge on any atom is 0.315 e. The van der Waals surface area contributed by atoms with Crippen molar-refractivity contribution in [1.29, 1.82) is 0 Å². The number of hydrogen-bond acceptors (Lipinski definition) is 2. The first-order valence-electron chi connectivity index (χ1n) is 5.34. The Morgan fingerprint density at radius 3 is 2.73 bits per heavy atom. The molecule has 4 heteroatoms. The number of carbonyl (C=O) groups is 1. The van der Waals surface area contributed by atoms with Crippen molar-refractivity contribution in [1.82, 2.24) is 10.6 Å². The van der Waals surface area contributed by atoms with Gasteiger partial charge in [0, 0.05) is 19.7 Å². The lowest BCUT2D eigenvalue weighted by molar-refractivity contribution is -0.0674. The predicted molar refractivity (Wildman–Crippen MR) is 59.8 cm³/mol. The van der Waals surface area contributed by atoms with E-state index >= 15 is 0 Å². The van der Waals surface area contributed by atoms with Crippen LogP contribution in [0.4, 0.5) is 4.79 Å². The topological polar surface area (TPSA) is 50.4 Å². The highest BCUT2D eigenvalue weighted by Crippen LogP contribution is 2.34. The zero-order chi connectivity index (χ0) is 11.3. The fourth-order valence-corrected chi connectivity index (χ4v) is 1.58. The molecule has 1 saturated carbocycles. The zero-order valence-corrected chi connectivity index (χ0v) is 9.51. The Morgan fingerprint density at radius 2 is 2.33 bits per heavy atom. The lowest BCUT2D eigenvalue weighted by atomic mass is 9.80. The smallest absolute Gasteiger partial charge is 0.315 e. The summed E-state index contributed by atoms with van der Waals surface area (Å²) in [6.07, 6.45) is 4.93. The van der Waals surface area contributed by atoms with Crippen LogP contribution in [-0.4, -0.2) is 31.3 Å². The van der Waals surface area contributed by atoms with E-state index in [0.717, 1.165) is 12.8 Å². The molecule has 0 aromatic carbocycles. The molecule has 2 amide bonds. The van der Waals surface area contributed by atoms with Gasteiger partial charge in [0.2, 0.25) is 0 Å². The molecule has 0 unspecified atom stereocenters. The fraction of sp³-hybridized carbons (Fsp3) is 0.727. The lowest BCUT2D eigenvalue weighted by Crippen LogP contribution is -2.52. The van der Waals surface area contributed by atoms with Crippen molar-refractivity contribution in [3.63, 3.8) is 0 Å². The summed E-state index contributed by atoms with van der Waals surface area (Å²) in [6, 6.07) is -0.171. The molecule has 1 aliphatic carbocycles. The third-order valence-corrected chi connectivity index (χ3v) is 2.98. The molecule has 0 spiro atoms. The van der Waals surface area contributed by atoms with E-state index in [0.29, 0.717) is 6.54 Å². The van der Waals surface area contributed by atoms with Crippen molar-refractivity contribution < 1.29 is 9.53 Å². The Balaban J connectivity index is 2.24. The van der Waals surface area contributed by atoms with Crippen LogP contribution in [0, 0.1) is 0 Å². The number of carbonyl (C=O) groups excluding carboxylic acids is 1. The number of amides is 2. The minimum atomic E-state index is -0.161. The van der Waals surface area contributed by atoms with E-state index in [-0.39, 0.29) is 17.7 Å². The molecule has 0 bridgehead atoms. The second-order valence-corrected chi connectivity index (χ2v) is 4.09. The van der Waals surface area contributed by atoms with Gasteiger partial charge in [-0.15, -0.1) is 6.58 Å². The van der Waals surface area contributed by atoms with Gasteiger partial charge < -0.3 is 15.4 Å². The van der Waals surface area contributed by atoms with E-state index in [2.05, 4.69) is 17.2 Å². The maximum absolute atomic E-state index is 11.4. The van der Waals surface area contributed by atoms with Gasteiger partial charge in [0.15, 0.2) is 0 Å². The molecule has 15 heavy (non-hydrogen) atoms. The van der Waals surface area contributed by atoms with Crippen LogP contribution in [0.25, 0.3) is 0 Å². The van der Waals surface area contributed by atoms with Crippen LogP contribution in [0.1, 0.15) is 26.2 Å². The molecule has 0 aromatic rings. The zero-order valence-electron chi connectivity index (χ0n) is 9.51. The van der Waals surface area contributed by atoms with Crippen molar-refractivity contribution in [2.24, 2.45) is 0 Å². The number of nitrogens with one attached hydrogen (secondary N) is 2. The van der Waals surface area contributed by atoms with Crippen molar-refractivity contribution >= 4 is 6.03 Å². The second kappa shape index (κ2) is 5.16. The number of hydrogen-bond donors (Lipinski definition) is 2. The van der Waals surface area contributed by atoms with E-state index in [9.17, 15) is 4.79 Å². The van der Waals surface area contributed by atoms with Gasteiger partial charge in [0.25, 0.3) is 0 Å². The van der Waals surface area contributed by atoms with Crippen molar-refractivity contribution in [2.75, 3.05) is 13.7 Å². The van der Waals surface area contributed by atoms with Crippen LogP contribution in [0.15, 0.2) is 12.7 Å². The van der Waals surface area contributed by atoms with Gasteiger partial charge in [-0.2, -0.15) is 0 Å². The minimum Gasteiger partial charge on any atom is -0.376 e. The first-order chi connectivity index (χ1) is 7.12. The van der Waals surface area contributed by atoms with Crippen molar-refractivity contribution in [3.8, 4) is 0 Å². The molecule has 2 N–H and O–H groups in total. The second-order valence-electron chi connectivity index (χ2n) is 4.09. The van der Waals surface area contributed by atoms with Gasteiger partial charge in [-0.3, -0.25) is 0 Å². The van der Waals surface area contributed by atoms with E-state index in [1.54, 1.807) is 13.2 Å². The largest absolute Gasteiger partial charge is 0.376 e. The predicted octanol–water partition coefficient (Wildman–Crippen LogP) is 1.43. The van der Waals surface area contributed by atoms with E-state index < -0.39 is 0 Å². The Labute approximate surface area is 91.1 Å². The monoisotopic (exact) mass is 212 g/mol. The summed E-state index contributed by atoms with van der Waals surface area (Å²) in [5.74, 6) is 0. The molecule has 0 aliphatic heterocycles. The lowest BCUT2D eigenvalue weighted by Gasteiger charge is -2.40. The van der Waals surface area contributed by atoms with Gasteiger partial charge in [-0.1, -0.05) is 6.08 Å². The molecule has 0 aromatic heterocycles. The van der Waals surface area contributed by atoms with Crippen LogP contribution in [-0.2, 0) is 4.74 Å². The SMILES string of the molecule is C=C[C@@H](C)NC(=O)NCC1(OC)CCC1. The first-order valence-corrected chi connectivity index (χ1v) is 5.34. The van der Waals surface area contributed by atoms with Crippen LogP contribution >= 0.6 is 0 Å². The third-order valence-electron chi connectivity index (χ3n) is 2.98. The summed E-state index contributed by atoms with van der Waals surface area (Å²) in [7, 11) is 1.70. The van der Waals surface area contributed by atoms with Crippen LogP contribution < -0.4 is 10.6 Å². The minimum absolute atomic E-state index is 0.00937. The molecule has 1 aliphatic rings. The van der Waals surface area contributed by atoms with Crippen LogP contribution in [0.2, 0.25) is 0 Å². The van der Waals surface area contributed by atoms with Crippen molar-refractivity contribution in [3.05, 3.63) is 12.7 Å². The van der Waals surface area contributed by atoms with E-state index in [4.69, 9.17) is 4.74 Å². The molecular formula is C11H20N2O2. The van der Waals surface area contributed by atoms with Crippen LogP contribution in [0.5, 0.6) is 0 Å². The summed E-state index contributed by atoms with van der Waals surface area (Å²) in [5, 5.41) is 5.57. The Kier molecular flexibility index (Phi) is 4.15. The number of rotatable bonds is 5. The highest BCUT2D eigenvalue weighted by Gasteiger charge is 2.37. The number of urea groups is 1. The van der Waals surface area contributed by atoms with Gasteiger partial charge in [-0.05, 0) is 26.2 Å². The average molecular weight is 212 g/mol. The fourth-order valence-electron chi connectivity index (χ4n) is 1.58. The summed E-state index contributed by atoms with van der Waals surface area (Å²) < 4.78 is 5.39. The molecule has 4 nitrogen and oxygen atoms in total. The van der Waals surface area contributed by atoms with Crippen molar-refractivity contribution in [2.45, 2.75) is 37.8 Å². The highest BCUT2D eigenvalue weighted by molar-refractivity contribution is 5.74. The van der Waals surface area contributed by atoms with Gasteiger partial charge in [-0.25, -0.2) is 4.79 Å². The Hall–Kier alpha value is -1.03. The third kappa shape index (κ3) is 3.23. The maximum atomic E-state index is 11.4. The molecule has 1 atom stereocenters. The molecule has 1 rings (SSSR count). The molecule has 0 heterocycles. The van der Waals surface area contributed by atoms with E-state index in [1.165, 1.54) is 6.42 Å². The summed E-state index contributed by atoms with van der Waals surface area (Å²) in [5.41, 5.74) is -0.116. The molecule has 1 fully saturated rings. The van der Waals surface area contributed by atoms with Gasteiger partial charge in [0.05, 0.1) is 5.60 Å². The standard InChI is InChI=1S/C11H20N2O2/c1-4-9(2)13-10(14)12-8-11(15-3)6-5-7-11/h4,9H,1,5-8H2,2-3H3,(H2,12,13,14)/t9-/m1/s1. The van der Waals surface area contributed by atoms with Crippen LogP contribution in [0.3, 0.4) is 0 Å². The Morgan fingerprint density at radius 1 is 1.67 bits per heavy atom. The summed E-state index contributed by atoms with van der Waals surface area (Å²) in [4.78, 5) is 11.4. The summed E-state index contributed by atoms with van der Waals surface area (Å²) >= 11 is 0. The normalized spacial score (nSPS) is 19.9. The average Bonchev–Trinajstić information content (AvgIpc) is 2.16. The van der Waals surface area contributed by atoms with Gasteiger partial charge in [0.1, 0.15) is 0 Å². The number of methoxy groups -OCH3 is 1. The molecule has 0 saturated heterocycles.